The smallest absolute Gasteiger partial charge is 0.344 e. The number of amides is 1. The van der Waals surface area contributed by atoms with Gasteiger partial charge >= 0.3 is 11.7 Å². The molecule has 3 N–H and O–H groups in total. The molecule has 8 nitrogen and oxygen atoms in total. The number of hydrogen-bond donors (Lipinski definition) is 3. The zero-order chi connectivity index (χ0) is 22.2. The zero-order valence-corrected chi connectivity index (χ0v) is 16.9. The van der Waals surface area contributed by atoms with E-state index in [1.165, 1.54) is 13.3 Å². The number of benzene rings is 2. The number of carbonyl (C=O) groups excluding carboxylic acids is 2. The second-order valence-electron chi connectivity index (χ2n) is 7.02. The van der Waals surface area contributed by atoms with Gasteiger partial charge in [-0.05, 0) is 23.1 Å². The van der Waals surface area contributed by atoms with Crippen molar-refractivity contribution in [1.82, 2.24) is 15.3 Å². The van der Waals surface area contributed by atoms with E-state index in [0.29, 0.717) is 6.42 Å². The fourth-order valence-corrected chi connectivity index (χ4v) is 3.18. The van der Waals surface area contributed by atoms with Crippen LogP contribution in [0, 0.1) is 0 Å². The van der Waals surface area contributed by atoms with E-state index < -0.39 is 29.7 Å². The SMILES string of the molecule is COC(=O)[C@H](O)CC(Cc1ccc(-c2ccccc2)cc1)NC(=O)c1cnc(=O)[nH]c1. The maximum Gasteiger partial charge on any atom is 0.344 e. The number of nitrogens with one attached hydrogen (secondary N) is 2. The second kappa shape index (κ2) is 10.3. The number of methoxy groups -OCH3 is 1. The van der Waals surface area contributed by atoms with E-state index in [2.05, 4.69) is 20.0 Å². The number of ether oxygens (including phenoxy) is 1. The number of hydrogen-bond acceptors (Lipinski definition) is 6. The molecule has 0 spiro atoms. The molecule has 0 aliphatic carbocycles. The van der Waals surface area contributed by atoms with Gasteiger partial charge in [-0.3, -0.25) is 4.79 Å². The van der Waals surface area contributed by atoms with Crippen molar-refractivity contribution in [1.29, 1.82) is 0 Å². The van der Waals surface area contributed by atoms with Crippen LogP contribution in [-0.2, 0) is 16.0 Å². The summed E-state index contributed by atoms with van der Waals surface area (Å²) in [7, 11) is 1.19. The molecule has 0 aliphatic heterocycles. The van der Waals surface area contributed by atoms with Crippen LogP contribution in [0.1, 0.15) is 22.3 Å². The molecule has 0 fully saturated rings. The highest BCUT2D eigenvalue weighted by atomic mass is 16.5. The van der Waals surface area contributed by atoms with Crippen LogP contribution in [0.4, 0.5) is 0 Å². The summed E-state index contributed by atoms with van der Waals surface area (Å²) in [6.07, 6.45) is 1.39. The van der Waals surface area contributed by atoms with E-state index in [-0.39, 0.29) is 12.0 Å². The number of aromatic nitrogens is 2. The number of nitrogens with zero attached hydrogens (tertiary/aromatic N) is 1. The molecule has 3 aromatic rings. The van der Waals surface area contributed by atoms with Crippen LogP contribution in [-0.4, -0.2) is 46.2 Å². The van der Waals surface area contributed by atoms with E-state index in [1.807, 2.05) is 54.6 Å². The van der Waals surface area contributed by atoms with E-state index >= 15 is 0 Å². The first-order valence-electron chi connectivity index (χ1n) is 9.72. The zero-order valence-electron chi connectivity index (χ0n) is 16.9. The van der Waals surface area contributed by atoms with Gasteiger partial charge in [-0.2, -0.15) is 0 Å². The number of aromatic amines is 1. The monoisotopic (exact) mass is 421 g/mol. The average molecular weight is 421 g/mol. The molecule has 8 heteroatoms. The predicted molar refractivity (Wildman–Crippen MR) is 114 cm³/mol. The van der Waals surface area contributed by atoms with Crippen LogP contribution in [0.2, 0.25) is 0 Å². The molecule has 0 bridgehead atoms. The predicted octanol–water partition coefficient (Wildman–Crippen LogP) is 1.70. The van der Waals surface area contributed by atoms with Crippen LogP contribution < -0.4 is 11.0 Å². The van der Waals surface area contributed by atoms with Crippen LogP contribution >= 0.6 is 0 Å². The molecule has 1 heterocycles. The molecule has 0 saturated heterocycles. The Morgan fingerprint density at radius 3 is 2.39 bits per heavy atom. The molecule has 160 valence electrons. The Bertz CT molecular complexity index is 1060. The van der Waals surface area contributed by atoms with Crippen LogP contribution in [0.3, 0.4) is 0 Å². The topological polar surface area (TPSA) is 121 Å². The number of esters is 1. The van der Waals surface area contributed by atoms with Crippen LogP contribution in [0.5, 0.6) is 0 Å². The molecule has 31 heavy (non-hydrogen) atoms. The highest BCUT2D eigenvalue weighted by Gasteiger charge is 2.23. The number of H-pyrrole nitrogens is 1. The van der Waals surface area contributed by atoms with Crippen molar-refractivity contribution in [2.75, 3.05) is 7.11 Å². The molecular formula is C23H23N3O5. The standard InChI is InChI=1S/C23H23N3O5/c1-31-22(29)20(27)12-19(26-21(28)18-13-24-23(30)25-14-18)11-15-7-9-17(10-8-15)16-5-3-2-4-6-16/h2-10,13-14,19-20,27H,11-12H2,1H3,(H,26,28)(H,24,25,30)/t19?,20-/m1/s1. The van der Waals surface area contributed by atoms with Crippen molar-refractivity contribution in [3.8, 4) is 11.1 Å². The van der Waals surface area contributed by atoms with E-state index in [4.69, 9.17) is 0 Å². The molecule has 1 unspecified atom stereocenters. The summed E-state index contributed by atoms with van der Waals surface area (Å²) < 4.78 is 4.58. The number of aliphatic hydroxyl groups excluding tert-OH is 1. The molecule has 0 saturated carbocycles. The maximum atomic E-state index is 12.5. The third kappa shape index (κ3) is 6.10. The van der Waals surface area contributed by atoms with Gasteiger partial charge < -0.3 is 20.1 Å². The lowest BCUT2D eigenvalue weighted by Gasteiger charge is -2.21. The Morgan fingerprint density at radius 1 is 1.10 bits per heavy atom. The van der Waals surface area contributed by atoms with E-state index in [0.717, 1.165) is 22.9 Å². The minimum Gasteiger partial charge on any atom is -0.467 e. The summed E-state index contributed by atoms with van der Waals surface area (Å²) >= 11 is 0. The molecule has 1 amide bonds. The first kappa shape index (κ1) is 21.9. The minimum absolute atomic E-state index is 0.0321. The van der Waals surface area contributed by atoms with Crippen molar-refractivity contribution >= 4 is 11.9 Å². The summed E-state index contributed by atoms with van der Waals surface area (Å²) in [5, 5.41) is 12.9. The lowest BCUT2D eigenvalue weighted by molar-refractivity contribution is -0.151. The number of rotatable bonds is 8. The second-order valence-corrected chi connectivity index (χ2v) is 7.02. The first-order chi connectivity index (χ1) is 15.0. The highest BCUT2D eigenvalue weighted by Crippen LogP contribution is 2.20. The highest BCUT2D eigenvalue weighted by molar-refractivity contribution is 5.93. The molecule has 2 atom stereocenters. The van der Waals surface area contributed by atoms with Crippen LogP contribution in [0.25, 0.3) is 11.1 Å². The Morgan fingerprint density at radius 2 is 1.77 bits per heavy atom. The molecular weight excluding hydrogens is 398 g/mol. The Kier molecular flexibility index (Phi) is 7.29. The Labute approximate surface area is 178 Å². The molecule has 1 aromatic heterocycles. The van der Waals surface area contributed by atoms with Gasteiger partial charge in [-0.25, -0.2) is 14.6 Å². The fourth-order valence-electron chi connectivity index (χ4n) is 3.18. The largest absolute Gasteiger partial charge is 0.467 e. The fraction of sp³-hybridized carbons (Fsp3) is 0.217. The van der Waals surface area contributed by atoms with Crippen molar-refractivity contribution in [3.63, 3.8) is 0 Å². The van der Waals surface area contributed by atoms with Gasteiger partial charge in [-0.15, -0.1) is 0 Å². The summed E-state index contributed by atoms with van der Waals surface area (Å²) in [4.78, 5) is 41.2. The van der Waals surface area contributed by atoms with Gasteiger partial charge in [0.15, 0.2) is 6.10 Å². The Balaban J connectivity index is 1.75. The lowest BCUT2D eigenvalue weighted by Crippen LogP contribution is -2.41. The summed E-state index contributed by atoms with van der Waals surface area (Å²) in [6, 6.07) is 17.2. The van der Waals surface area contributed by atoms with Gasteiger partial charge in [0.25, 0.3) is 5.91 Å². The first-order valence-corrected chi connectivity index (χ1v) is 9.72. The summed E-state index contributed by atoms with van der Waals surface area (Å²) in [6.45, 7) is 0. The van der Waals surface area contributed by atoms with Crippen molar-refractivity contribution in [2.45, 2.75) is 25.0 Å². The lowest BCUT2D eigenvalue weighted by atomic mass is 9.97. The molecule has 2 aromatic carbocycles. The Hall–Kier alpha value is -3.78. The third-order valence-corrected chi connectivity index (χ3v) is 4.79. The summed E-state index contributed by atoms with van der Waals surface area (Å²) in [5.41, 5.74) is 2.66. The van der Waals surface area contributed by atoms with Crippen molar-refractivity contribution in [3.05, 3.63) is 88.6 Å². The average Bonchev–Trinajstić information content (AvgIpc) is 2.80. The van der Waals surface area contributed by atoms with Crippen molar-refractivity contribution < 1.29 is 19.4 Å². The minimum atomic E-state index is -1.38. The number of carbonyl (C=O) groups is 2. The normalized spacial score (nSPS) is 12.6. The van der Waals surface area contributed by atoms with Gasteiger partial charge in [0.1, 0.15) is 0 Å². The van der Waals surface area contributed by atoms with E-state index in [1.54, 1.807) is 0 Å². The quantitative estimate of drug-likeness (QED) is 0.476. The van der Waals surface area contributed by atoms with Gasteiger partial charge in [0.2, 0.25) is 0 Å². The molecule has 0 radical (unpaired) electrons. The van der Waals surface area contributed by atoms with Crippen molar-refractivity contribution in [2.24, 2.45) is 0 Å². The van der Waals surface area contributed by atoms with E-state index in [9.17, 15) is 19.5 Å². The maximum absolute atomic E-state index is 12.5. The molecule has 0 aliphatic rings. The van der Waals surface area contributed by atoms with Gasteiger partial charge in [0, 0.05) is 24.9 Å². The number of aliphatic hydroxyl groups is 1. The third-order valence-electron chi connectivity index (χ3n) is 4.79. The van der Waals surface area contributed by atoms with Crippen LogP contribution in [0.15, 0.2) is 71.8 Å². The van der Waals surface area contributed by atoms with Gasteiger partial charge in [-0.1, -0.05) is 54.6 Å². The molecule has 3 rings (SSSR count). The summed E-state index contributed by atoms with van der Waals surface area (Å²) in [5.74, 6) is -1.25. The van der Waals surface area contributed by atoms with Gasteiger partial charge in [0.05, 0.1) is 12.7 Å².